The second-order valence-corrected chi connectivity index (χ2v) is 5.69. The quantitative estimate of drug-likeness (QED) is 0.422. The van der Waals surface area contributed by atoms with E-state index in [1.54, 1.807) is 14.2 Å². The summed E-state index contributed by atoms with van der Waals surface area (Å²) in [4.78, 5) is 20.8. The molecular formula is C28H50O4. The number of carbonyl (C=O) groups excluding carboxylic acids is 2. The predicted molar refractivity (Wildman–Crippen MR) is 141 cm³/mol. The first-order valence-corrected chi connectivity index (χ1v) is 10.6. The van der Waals surface area contributed by atoms with Crippen molar-refractivity contribution < 1.29 is 19.1 Å². The first kappa shape index (κ1) is 40.0. The first-order valence-electron chi connectivity index (χ1n) is 10.6. The molecule has 0 saturated heterocycles. The number of hydrogen-bond acceptors (Lipinski definition) is 4. The summed E-state index contributed by atoms with van der Waals surface area (Å²) in [5.41, 5.74) is 2.74. The molecule has 32 heavy (non-hydrogen) atoms. The highest BCUT2D eigenvalue weighted by molar-refractivity contribution is 5.76. The predicted octanol–water partition coefficient (Wildman–Crippen LogP) is 7.78. The van der Waals surface area contributed by atoms with Crippen molar-refractivity contribution in [1.29, 1.82) is 0 Å². The second-order valence-electron chi connectivity index (χ2n) is 5.69. The van der Waals surface area contributed by atoms with Crippen molar-refractivity contribution in [3.05, 3.63) is 71.8 Å². The van der Waals surface area contributed by atoms with Crippen LogP contribution in [0, 0.1) is 0 Å². The van der Waals surface area contributed by atoms with Crippen LogP contribution >= 0.6 is 0 Å². The van der Waals surface area contributed by atoms with Gasteiger partial charge in [-0.3, -0.25) is 4.79 Å². The number of ketones is 1. The fourth-order valence-corrected chi connectivity index (χ4v) is 2.01. The fourth-order valence-electron chi connectivity index (χ4n) is 2.01. The normalized spacial score (nSPS) is 7.75. The molecule has 0 saturated carbocycles. The van der Waals surface area contributed by atoms with Crippen LogP contribution in [0.25, 0.3) is 0 Å². The number of methoxy groups -OCH3 is 2. The molecule has 0 fully saturated rings. The minimum absolute atomic E-state index is 0. The summed E-state index contributed by atoms with van der Waals surface area (Å²) in [7, 11) is 4.59. The van der Waals surface area contributed by atoms with Crippen LogP contribution < -0.4 is 0 Å². The van der Waals surface area contributed by atoms with Crippen LogP contribution in [0.2, 0.25) is 0 Å². The van der Waals surface area contributed by atoms with Gasteiger partial charge in [-0.2, -0.15) is 0 Å². The third-order valence-electron chi connectivity index (χ3n) is 3.23. The number of benzene rings is 2. The number of esters is 1. The molecule has 0 bridgehead atoms. The highest BCUT2D eigenvalue weighted by Gasteiger charge is 2.00. The topological polar surface area (TPSA) is 52.6 Å². The average Bonchev–Trinajstić information content (AvgIpc) is 2.78. The summed E-state index contributed by atoms with van der Waals surface area (Å²) in [5, 5.41) is 0. The van der Waals surface area contributed by atoms with Gasteiger partial charge in [-0.1, -0.05) is 103 Å². The van der Waals surface area contributed by atoms with Gasteiger partial charge in [-0.05, 0) is 30.9 Å². The van der Waals surface area contributed by atoms with Gasteiger partial charge in [0, 0.05) is 27.1 Å². The van der Waals surface area contributed by atoms with Crippen molar-refractivity contribution in [3.8, 4) is 0 Å². The molecule has 0 radical (unpaired) electrons. The number of ether oxygens (including phenoxy) is 2. The molecule has 0 unspecified atom stereocenters. The Morgan fingerprint density at radius 1 is 0.688 bits per heavy atom. The fraction of sp³-hybridized carbons (Fsp3) is 0.500. The Kier molecular flexibility index (Phi) is 41.4. The van der Waals surface area contributed by atoms with Crippen molar-refractivity contribution in [3.63, 3.8) is 0 Å². The van der Waals surface area contributed by atoms with Crippen LogP contribution in [-0.2, 0) is 25.5 Å². The lowest BCUT2D eigenvalue weighted by molar-refractivity contribution is -0.140. The van der Waals surface area contributed by atoms with E-state index in [4.69, 9.17) is 0 Å². The summed E-state index contributed by atoms with van der Waals surface area (Å²) in [6.07, 6.45) is 2.44. The van der Waals surface area contributed by atoms with E-state index in [1.807, 2.05) is 27.7 Å². The molecule has 2 aromatic rings. The Hall–Kier alpha value is -2.46. The largest absolute Gasteiger partial charge is 0.469 e. The number of carbonyl (C=O) groups is 2. The molecule has 4 heteroatoms. The highest BCUT2D eigenvalue weighted by atomic mass is 16.5. The van der Waals surface area contributed by atoms with Crippen molar-refractivity contribution in [2.45, 2.75) is 75.2 Å². The lowest BCUT2D eigenvalue weighted by atomic mass is 10.1. The van der Waals surface area contributed by atoms with Gasteiger partial charge >= 0.3 is 5.97 Å². The van der Waals surface area contributed by atoms with E-state index in [0.717, 1.165) is 6.42 Å². The van der Waals surface area contributed by atoms with Crippen molar-refractivity contribution in [2.75, 3.05) is 21.3 Å². The lowest BCUT2D eigenvalue weighted by Crippen LogP contribution is -2.00. The molecule has 0 spiro atoms. The molecule has 0 aromatic heterocycles. The Morgan fingerprint density at radius 3 is 1.31 bits per heavy atom. The number of Topliss-reactive ketones (excluding diaryl/α,β-unsaturated/α-hetero) is 1. The van der Waals surface area contributed by atoms with Crippen LogP contribution in [0.5, 0.6) is 0 Å². The summed E-state index contributed by atoms with van der Waals surface area (Å²) < 4.78 is 8.63. The Bertz CT molecular complexity index is 558. The SMILES string of the molecule is C.C.CC.CC.COC.COC(=O)CCCC(C)=O.c1ccc(Cc2ccccc2)cc1. The van der Waals surface area contributed by atoms with Crippen molar-refractivity contribution >= 4 is 11.8 Å². The van der Waals surface area contributed by atoms with E-state index >= 15 is 0 Å². The molecule has 0 aliphatic rings. The summed E-state index contributed by atoms with van der Waals surface area (Å²) in [5.74, 6) is -0.134. The zero-order chi connectivity index (χ0) is 23.6. The van der Waals surface area contributed by atoms with Crippen LogP contribution in [0.3, 0.4) is 0 Å². The van der Waals surface area contributed by atoms with E-state index in [9.17, 15) is 9.59 Å². The van der Waals surface area contributed by atoms with Gasteiger partial charge < -0.3 is 14.3 Å². The zero-order valence-corrected chi connectivity index (χ0v) is 20.2. The summed E-state index contributed by atoms with van der Waals surface area (Å²) >= 11 is 0. The summed E-state index contributed by atoms with van der Waals surface area (Å²) in [6, 6.07) is 21.1. The molecule has 2 rings (SSSR count). The van der Waals surface area contributed by atoms with Gasteiger partial charge in [0.05, 0.1) is 7.11 Å². The van der Waals surface area contributed by atoms with Gasteiger partial charge in [-0.25, -0.2) is 0 Å². The molecule has 0 aliphatic heterocycles. The maximum atomic E-state index is 10.5. The van der Waals surface area contributed by atoms with Gasteiger partial charge in [0.25, 0.3) is 0 Å². The maximum absolute atomic E-state index is 10.5. The highest BCUT2D eigenvalue weighted by Crippen LogP contribution is 2.07. The van der Waals surface area contributed by atoms with Crippen LogP contribution in [0.1, 0.15) is 79.9 Å². The van der Waals surface area contributed by atoms with E-state index in [0.29, 0.717) is 19.3 Å². The van der Waals surface area contributed by atoms with Crippen LogP contribution in [0.4, 0.5) is 0 Å². The monoisotopic (exact) mass is 450 g/mol. The van der Waals surface area contributed by atoms with Gasteiger partial charge in [-0.15, -0.1) is 0 Å². The minimum Gasteiger partial charge on any atom is -0.469 e. The van der Waals surface area contributed by atoms with E-state index in [-0.39, 0.29) is 26.6 Å². The van der Waals surface area contributed by atoms with Crippen LogP contribution in [-0.4, -0.2) is 33.1 Å². The average molecular weight is 451 g/mol. The third-order valence-corrected chi connectivity index (χ3v) is 3.23. The zero-order valence-electron chi connectivity index (χ0n) is 20.2. The van der Waals surface area contributed by atoms with E-state index in [1.165, 1.54) is 25.2 Å². The first-order chi connectivity index (χ1) is 14.5. The molecule has 0 aliphatic carbocycles. The lowest BCUT2D eigenvalue weighted by Gasteiger charge is -2.00. The molecule has 0 heterocycles. The van der Waals surface area contributed by atoms with Gasteiger partial charge in [0.15, 0.2) is 0 Å². The molecule has 0 amide bonds. The molecule has 0 atom stereocenters. The standard InChI is InChI=1S/C13H12.C7H12O3.C2H6O.2C2H6.2CH4/c1-3-7-12(8-4-1)11-13-9-5-2-6-10-13;1-6(8)4-3-5-7(9)10-2;1-3-2;2*1-2;;/h1-10H,11H2;3-5H2,1-2H3;1-2H3;2*1-2H3;2*1H4. The Labute approximate surface area is 199 Å². The maximum Gasteiger partial charge on any atom is 0.305 e. The van der Waals surface area contributed by atoms with Crippen molar-refractivity contribution in [2.24, 2.45) is 0 Å². The minimum atomic E-state index is -0.249. The second kappa shape index (κ2) is 33.2. The Balaban J connectivity index is -0.000000115. The number of rotatable bonds is 6. The van der Waals surface area contributed by atoms with Crippen LogP contribution in [0.15, 0.2) is 60.7 Å². The molecule has 0 N–H and O–H groups in total. The third kappa shape index (κ3) is 29.7. The van der Waals surface area contributed by atoms with Crippen molar-refractivity contribution in [1.82, 2.24) is 0 Å². The molecule has 186 valence electrons. The van der Waals surface area contributed by atoms with E-state index < -0.39 is 0 Å². The smallest absolute Gasteiger partial charge is 0.305 e. The number of hydrogen-bond donors (Lipinski definition) is 0. The van der Waals surface area contributed by atoms with Gasteiger partial charge in [0.1, 0.15) is 5.78 Å². The van der Waals surface area contributed by atoms with E-state index in [2.05, 4.69) is 70.1 Å². The molecule has 4 nitrogen and oxygen atoms in total. The molecule has 2 aromatic carbocycles. The summed E-state index contributed by atoms with van der Waals surface area (Å²) in [6.45, 7) is 9.51. The van der Waals surface area contributed by atoms with Gasteiger partial charge in [0.2, 0.25) is 0 Å². The Morgan fingerprint density at radius 2 is 1.03 bits per heavy atom. The molecular weight excluding hydrogens is 400 g/mol.